The zero-order valence-electron chi connectivity index (χ0n) is 19.0. The number of nitrogen functional groups attached to an aromatic ring is 1. The van der Waals surface area contributed by atoms with Crippen LogP contribution in [0.5, 0.6) is 0 Å². The highest BCUT2D eigenvalue weighted by atomic mass is 127. The summed E-state index contributed by atoms with van der Waals surface area (Å²) in [6.07, 6.45) is 0.0299. The van der Waals surface area contributed by atoms with E-state index in [4.69, 9.17) is 5.73 Å². The van der Waals surface area contributed by atoms with Gasteiger partial charge in [-0.3, -0.25) is 4.79 Å². The van der Waals surface area contributed by atoms with E-state index >= 15 is 0 Å². The zero-order valence-corrected chi connectivity index (χ0v) is 21.1. The minimum atomic E-state index is -1.36. The second-order valence-electron chi connectivity index (χ2n) is 8.70. The summed E-state index contributed by atoms with van der Waals surface area (Å²) in [4.78, 5) is 21.3. The minimum absolute atomic E-state index is 0.0454. The Hall–Kier alpha value is -2.77. The number of aliphatic hydroxyl groups is 2. The Bertz CT molecular complexity index is 1280. The van der Waals surface area contributed by atoms with E-state index in [0.717, 1.165) is 6.07 Å². The maximum Gasteiger partial charge on any atom is 0.254 e. The summed E-state index contributed by atoms with van der Waals surface area (Å²) in [6.45, 7) is -0.512. The van der Waals surface area contributed by atoms with Crippen LogP contribution >= 0.6 is 22.6 Å². The van der Waals surface area contributed by atoms with Crippen molar-refractivity contribution in [1.82, 2.24) is 15.3 Å². The molecule has 1 aliphatic rings. The van der Waals surface area contributed by atoms with E-state index in [0.29, 0.717) is 27.7 Å². The summed E-state index contributed by atoms with van der Waals surface area (Å²) < 4.78 is 43.3. The Balaban J connectivity index is 1.55. The van der Waals surface area contributed by atoms with Crippen molar-refractivity contribution in [2.24, 2.45) is 0 Å². The fraction of sp³-hybridized carbons (Fsp3) is 0.320. The van der Waals surface area contributed by atoms with E-state index in [9.17, 15) is 28.2 Å². The summed E-state index contributed by atoms with van der Waals surface area (Å²) in [7, 11) is 0. The molecular weight excluding hydrogens is 588 g/mol. The lowest BCUT2D eigenvalue weighted by molar-refractivity contribution is 0.0363. The number of anilines is 1. The number of nitrogens with one attached hydrogen (secondary N) is 1. The van der Waals surface area contributed by atoms with Gasteiger partial charge in [-0.1, -0.05) is 12.1 Å². The van der Waals surface area contributed by atoms with Crippen LogP contribution in [0.3, 0.4) is 0 Å². The van der Waals surface area contributed by atoms with Crippen molar-refractivity contribution >= 4 is 34.3 Å². The molecule has 1 fully saturated rings. The third kappa shape index (κ3) is 5.62. The molecule has 0 radical (unpaired) electrons. The summed E-state index contributed by atoms with van der Waals surface area (Å²) >= 11 is 1.82. The molecule has 5 N–H and O–H groups in total. The number of carbonyl (C=O) groups excluding carboxylic acids is 1. The second-order valence-corrected chi connectivity index (χ2v) is 9.86. The van der Waals surface area contributed by atoms with E-state index in [2.05, 4.69) is 15.3 Å². The van der Waals surface area contributed by atoms with Gasteiger partial charge in [-0.05, 0) is 71.7 Å². The fourth-order valence-corrected chi connectivity index (χ4v) is 4.57. The second kappa shape index (κ2) is 11.1. The molecule has 1 amide bonds. The number of aliphatic hydroxyl groups excluding tert-OH is 2. The van der Waals surface area contributed by atoms with Gasteiger partial charge < -0.3 is 21.3 Å². The molecular formula is C25H24F3IN4O3. The Morgan fingerprint density at radius 2 is 1.97 bits per heavy atom. The van der Waals surface area contributed by atoms with Crippen molar-refractivity contribution in [3.63, 3.8) is 0 Å². The van der Waals surface area contributed by atoms with Crippen molar-refractivity contribution in [2.75, 3.05) is 12.3 Å². The monoisotopic (exact) mass is 612 g/mol. The van der Waals surface area contributed by atoms with Crippen molar-refractivity contribution in [2.45, 2.75) is 43.5 Å². The molecule has 36 heavy (non-hydrogen) atoms. The van der Waals surface area contributed by atoms with Gasteiger partial charge in [0.1, 0.15) is 29.3 Å². The molecule has 0 spiro atoms. The zero-order chi connectivity index (χ0) is 26.0. The number of alkyl halides is 1. The van der Waals surface area contributed by atoms with Crippen LogP contribution in [-0.2, 0) is 0 Å². The van der Waals surface area contributed by atoms with Crippen molar-refractivity contribution in [3.05, 3.63) is 74.6 Å². The normalized spacial score (nSPS) is 20.7. The van der Waals surface area contributed by atoms with E-state index in [1.165, 1.54) is 30.5 Å². The number of hydrogen-bond acceptors (Lipinski definition) is 6. The number of halogens is 4. The number of amides is 1. The fourth-order valence-electron chi connectivity index (χ4n) is 4.24. The van der Waals surface area contributed by atoms with Crippen LogP contribution in [0.15, 0.2) is 42.6 Å². The SMILES string of the molecule is Nc1ncc([C@H]2CC[C@H](O)[C@@H](F)C2)nc1-c1ccc(C(=O)N[C@H](CO)c2ccc(I)c(F)c2)c(F)c1. The lowest BCUT2D eigenvalue weighted by Crippen LogP contribution is -2.31. The highest BCUT2D eigenvalue weighted by molar-refractivity contribution is 14.1. The third-order valence-electron chi connectivity index (χ3n) is 6.30. The molecule has 1 heterocycles. The predicted molar refractivity (Wildman–Crippen MR) is 136 cm³/mol. The number of hydrogen-bond donors (Lipinski definition) is 4. The standard InChI is InChI=1S/C25H24F3IN4O3/c26-16-9-14(23-24(30)31-10-20(32-23)12-3-6-22(35)18(28)8-12)1-4-15(16)25(36)33-21(11-34)13-2-5-19(29)17(27)7-13/h1-2,4-5,7,9-10,12,18,21-22,34-35H,3,6,8,11H2,(H2,30,31)(H,33,36)/t12-,18-,21+,22-/m0/s1. The molecule has 1 saturated carbocycles. The molecule has 4 atom stereocenters. The number of nitrogens with two attached hydrogens (primary N) is 1. The predicted octanol–water partition coefficient (Wildman–Crippen LogP) is 4.04. The molecule has 4 rings (SSSR count). The average Bonchev–Trinajstić information content (AvgIpc) is 2.86. The molecule has 0 bridgehead atoms. The van der Waals surface area contributed by atoms with Gasteiger partial charge in [-0.15, -0.1) is 0 Å². The van der Waals surface area contributed by atoms with Gasteiger partial charge in [0, 0.05) is 15.1 Å². The summed E-state index contributed by atoms with van der Waals surface area (Å²) in [5, 5.41) is 21.8. The first-order chi connectivity index (χ1) is 17.2. The highest BCUT2D eigenvalue weighted by Crippen LogP contribution is 2.35. The van der Waals surface area contributed by atoms with Gasteiger partial charge in [0.2, 0.25) is 0 Å². The summed E-state index contributed by atoms with van der Waals surface area (Å²) in [6, 6.07) is 7.16. The minimum Gasteiger partial charge on any atom is -0.394 e. The average molecular weight is 612 g/mol. The maximum atomic E-state index is 15.0. The highest BCUT2D eigenvalue weighted by Gasteiger charge is 2.31. The molecule has 0 unspecified atom stereocenters. The molecule has 2 aromatic carbocycles. The smallest absolute Gasteiger partial charge is 0.254 e. The van der Waals surface area contributed by atoms with Crippen LogP contribution in [-0.4, -0.2) is 45.0 Å². The van der Waals surface area contributed by atoms with Crippen molar-refractivity contribution in [3.8, 4) is 11.3 Å². The first-order valence-corrected chi connectivity index (χ1v) is 12.4. The van der Waals surface area contributed by atoms with Crippen molar-refractivity contribution in [1.29, 1.82) is 0 Å². The first kappa shape index (κ1) is 26.3. The molecule has 3 aromatic rings. The topological polar surface area (TPSA) is 121 Å². The molecule has 1 aliphatic carbocycles. The molecule has 190 valence electrons. The number of nitrogens with zero attached hydrogens (tertiary/aromatic N) is 2. The molecule has 0 saturated heterocycles. The molecule has 0 aliphatic heterocycles. The van der Waals surface area contributed by atoms with Crippen LogP contribution < -0.4 is 11.1 Å². The molecule has 7 nitrogen and oxygen atoms in total. The van der Waals surface area contributed by atoms with Gasteiger partial charge in [0.15, 0.2) is 0 Å². The van der Waals surface area contributed by atoms with E-state index in [1.807, 2.05) is 22.6 Å². The van der Waals surface area contributed by atoms with Gasteiger partial charge in [0.25, 0.3) is 5.91 Å². The van der Waals surface area contributed by atoms with Gasteiger partial charge in [-0.2, -0.15) is 0 Å². The molecule has 11 heteroatoms. The van der Waals surface area contributed by atoms with Crippen LogP contribution in [0.4, 0.5) is 19.0 Å². The van der Waals surface area contributed by atoms with Crippen LogP contribution in [0.25, 0.3) is 11.3 Å². The quantitative estimate of drug-likeness (QED) is 0.312. The van der Waals surface area contributed by atoms with E-state index in [1.54, 1.807) is 6.07 Å². The number of benzene rings is 2. The van der Waals surface area contributed by atoms with E-state index < -0.39 is 42.5 Å². The largest absolute Gasteiger partial charge is 0.394 e. The molecule has 1 aromatic heterocycles. The first-order valence-electron chi connectivity index (χ1n) is 11.3. The summed E-state index contributed by atoms with van der Waals surface area (Å²) in [5.41, 5.74) is 6.99. The van der Waals surface area contributed by atoms with Crippen LogP contribution in [0.2, 0.25) is 0 Å². The Morgan fingerprint density at radius 3 is 2.64 bits per heavy atom. The van der Waals surface area contributed by atoms with Crippen LogP contribution in [0, 0.1) is 15.2 Å². The number of carbonyl (C=O) groups is 1. The Labute approximate surface area is 219 Å². The van der Waals surface area contributed by atoms with Gasteiger partial charge in [-0.25, -0.2) is 23.1 Å². The van der Waals surface area contributed by atoms with Crippen LogP contribution in [0.1, 0.15) is 52.8 Å². The van der Waals surface area contributed by atoms with E-state index in [-0.39, 0.29) is 35.0 Å². The summed E-state index contributed by atoms with van der Waals surface area (Å²) in [5.74, 6) is -2.36. The van der Waals surface area contributed by atoms with Gasteiger partial charge in [0.05, 0.1) is 36.2 Å². The van der Waals surface area contributed by atoms with Gasteiger partial charge >= 0.3 is 0 Å². The lowest BCUT2D eigenvalue weighted by atomic mass is 9.84. The lowest BCUT2D eigenvalue weighted by Gasteiger charge is -2.28. The maximum absolute atomic E-state index is 15.0. The third-order valence-corrected chi connectivity index (χ3v) is 7.17. The van der Waals surface area contributed by atoms with Crippen molar-refractivity contribution < 1.29 is 28.2 Å². The Kier molecular flexibility index (Phi) is 8.10. The number of rotatable bonds is 6. The Morgan fingerprint density at radius 1 is 1.19 bits per heavy atom. The number of aromatic nitrogens is 2.